The molecule has 0 amide bonds. The number of hydrogen-bond donors (Lipinski definition) is 2. The van der Waals surface area contributed by atoms with E-state index in [0.717, 1.165) is 25.2 Å². The molecule has 1 heterocycles. The van der Waals surface area contributed by atoms with Crippen molar-refractivity contribution in [3.05, 3.63) is 35.6 Å². The predicted molar refractivity (Wildman–Crippen MR) is 62.0 cm³/mol. The van der Waals surface area contributed by atoms with Crippen LogP contribution in [-0.4, -0.2) is 25.7 Å². The lowest BCUT2D eigenvalue weighted by Gasteiger charge is -2.30. The minimum absolute atomic E-state index is 0.117. The molecule has 2 aliphatic rings. The van der Waals surface area contributed by atoms with Crippen LogP contribution in [0.5, 0.6) is 0 Å². The Labute approximate surface area is 95.2 Å². The second-order valence-corrected chi connectivity index (χ2v) is 5.03. The van der Waals surface area contributed by atoms with Gasteiger partial charge in [0, 0.05) is 31.1 Å². The highest BCUT2D eigenvalue weighted by Crippen LogP contribution is 2.47. The second-order valence-electron chi connectivity index (χ2n) is 5.03. The van der Waals surface area contributed by atoms with Crippen LogP contribution in [0.25, 0.3) is 0 Å². The van der Waals surface area contributed by atoms with Gasteiger partial charge in [-0.2, -0.15) is 0 Å². The number of nitrogens with one attached hydrogen (secondary N) is 2. The van der Waals surface area contributed by atoms with Crippen molar-refractivity contribution in [3.63, 3.8) is 0 Å². The fourth-order valence-electron chi connectivity index (χ4n) is 2.31. The Kier molecular flexibility index (Phi) is 2.45. The summed E-state index contributed by atoms with van der Waals surface area (Å²) >= 11 is 0. The van der Waals surface area contributed by atoms with Gasteiger partial charge in [-0.05, 0) is 30.5 Å². The first kappa shape index (κ1) is 10.2. The average Bonchev–Trinajstić information content (AvgIpc) is 2.97. The van der Waals surface area contributed by atoms with E-state index in [1.807, 2.05) is 6.07 Å². The van der Waals surface area contributed by atoms with Crippen LogP contribution in [0.3, 0.4) is 0 Å². The van der Waals surface area contributed by atoms with Crippen LogP contribution in [0.15, 0.2) is 24.3 Å². The Balaban J connectivity index is 1.67. The molecule has 0 radical (unpaired) electrons. The first-order valence-electron chi connectivity index (χ1n) is 5.99. The highest BCUT2D eigenvalue weighted by molar-refractivity contribution is 5.32. The van der Waals surface area contributed by atoms with E-state index in [1.54, 1.807) is 6.07 Å². The van der Waals surface area contributed by atoms with Gasteiger partial charge in [0.2, 0.25) is 0 Å². The summed E-state index contributed by atoms with van der Waals surface area (Å²) in [6, 6.07) is 7.69. The molecule has 1 aliphatic heterocycles. The molecule has 0 spiro atoms. The molecule has 86 valence electrons. The number of halogens is 1. The smallest absolute Gasteiger partial charge is 0.123 e. The van der Waals surface area contributed by atoms with Gasteiger partial charge in [0.15, 0.2) is 0 Å². The Morgan fingerprint density at radius 3 is 2.75 bits per heavy atom. The topological polar surface area (TPSA) is 24.1 Å². The summed E-state index contributed by atoms with van der Waals surface area (Å²) in [4.78, 5) is 0. The monoisotopic (exact) mass is 220 g/mol. The van der Waals surface area contributed by atoms with E-state index >= 15 is 0 Å². The zero-order valence-corrected chi connectivity index (χ0v) is 9.30. The molecule has 1 aliphatic carbocycles. The van der Waals surface area contributed by atoms with Crippen molar-refractivity contribution < 1.29 is 4.39 Å². The highest BCUT2D eigenvalue weighted by atomic mass is 19.1. The Hall–Kier alpha value is -0.930. The molecule has 0 bridgehead atoms. The van der Waals surface area contributed by atoms with Crippen LogP contribution in [0.4, 0.5) is 4.39 Å². The molecule has 2 fully saturated rings. The van der Waals surface area contributed by atoms with E-state index < -0.39 is 0 Å². The van der Waals surface area contributed by atoms with Crippen molar-refractivity contribution in [3.8, 4) is 0 Å². The first-order chi connectivity index (χ1) is 7.78. The van der Waals surface area contributed by atoms with Crippen LogP contribution in [0.1, 0.15) is 18.4 Å². The summed E-state index contributed by atoms with van der Waals surface area (Å²) in [5, 5.41) is 6.80. The van der Waals surface area contributed by atoms with Gasteiger partial charge in [-0.1, -0.05) is 12.1 Å². The van der Waals surface area contributed by atoms with Crippen LogP contribution in [-0.2, 0) is 5.41 Å². The third-order valence-corrected chi connectivity index (χ3v) is 3.80. The van der Waals surface area contributed by atoms with Crippen molar-refractivity contribution in [2.75, 3.05) is 19.6 Å². The van der Waals surface area contributed by atoms with Crippen LogP contribution in [0.2, 0.25) is 0 Å². The number of rotatable bonds is 4. The van der Waals surface area contributed by atoms with Crippen molar-refractivity contribution in [1.82, 2.24) is 10.6 Å². The fraction of sp³-hybridized carbons (Fsp3) is 0.538. The maximum absolute atomic E-state index is 13.2. The Morgan fingerprint density at radius 2 is 2.19 bits per heavy atom. The molecule has 2 nitrogen and oxygen atoms in total. The summed E-state index contributed by atoms with van der Waals surface area (Å²) in [6.45, 7) is 3.13. The molecule has 2 N–H and O–H groups in total. The molecule has 1 aromatic rings. The maximum Gasteiger partial charge on any atom is 0.123 e. The van der Waals surface area contributed by atoms with Crippen LogP contribution < -0.4 is 10.6 Å². The molecule has 1 saturated carbocycles. The second kappa shape index (κ2) is 3.82. The lowest BCUT2D eigenvalue weighted by molar-refractivity contribution is 0.353. The zero-order chi connectivity index (χ0) is 11.0. The number of hydrogen-bond acceptors (Lipinski definition) is 2. The van der Waals surface area contributed by atoms with Gasteiger partial charge in [0.05, 0.1) is 0 Å². The van der Waals surface area contributed by atoms with Crippen molar-refractivity contribution in [2.24, 2.45) is 0 Å². The highest BCUT2D eigenvalue weighted by Gasteiger charge is 2.44. The summed E-state index contributed by atoms with van der Waals surface area (Å²) in [6.07, 6.45) is 2.37. The third kappa shape index (κ3) is 1.85. The molecule has 0 aromatic heterocycles. The lowest BCUT2D eigenvalue weighted by Crippen LogP contribution is -2.56. The molecule has 0 atom stereocenters. The van der Waals surface area contributed by atoms with Gasteiger partial charge in [-0.25, -0.2) is 4.39 Å². The van der Waals surface area contributed by atoms with Gasteiger partial charge in [0.25, 0.3) is 0 Å². The summed E-state index contributed by atoms with van der Waals surface area (Å²) in [5.74, 6) is -0.117. The van der Waals surface area contributed by atoms with Crippen molar-refractivity contribution in [1.29, 1.82) is 0 Å². The van der Waals surface area contributed by atoms with E-state index in [9.17, 15) is 4.39 Å². The van der Waals surface area contributed by atoms with Crippen molar-refractivity contribution in [2.45, 2.75) is 24.3 Å². The molecule has 3 rings (SSSR count). The van der Waals surface area contributed by atoms with Gasteiger partial charge in [-0.15, -0.1) is 0 Å². The molecule has 16 heavy (non-hydrogen) atoms. The molecule has 0 unspecified atom stereocenters. The quantitative estimate of drug-likeness (QED) is 0.802. The Bertz CT molecular complexity index is 383. The van der Waals surface area contributed by atoms with E-state index in [4.69, 9.17) is 0 Å². The van der Waals surface area contributed by atoms with E-state index in [0.29, 0.717) is 6.04 Å². The fourth-order valence-corrected chi connectivity index (χ4v) is 2.31. The van der Waals surface area contributed by atoms with E-state index in [2.05, 4.69) is 16.7 Å². The lowest BCUT2D eigenvalue weighted by atomic mass is 9.95. The summed E-state index contributed by atoms with van der Waals surface area (Å²) in [7, 11) is 0. The minimum atomic E-state index is -0.117. The standard InChI is InChI=1S/C13H17FN2/c14-11-3-1-2-10(6-11)13(4-5-13)9-16-12-7-15-8-12/h1-3,6,12,15-16H,4-5,7-9H2. The predicted octanol–water partition coefficient (Wildman–Crippen LogP) is 1.42. The van der Waals surface area contributed by atoms with Gasteiger partial charge in [-0.3, -0.25) is 0 Å². The number of benzene rings is 1. The van der Waals surface area contributed by atoms with Crippen molar-refractivity contribution >= 4 is 0 Å². The van der Waals surface area contributed by atoms with Gasteiger partial charge in [0.1, 0.15) is 5.82 Å². The maximum atomic E-state index is 13.2. The molecular weight excluding hydrogens is 203 g/mol. The SMILES string of the molecule is Fc1cccc(C2(CNC3CNC3)CC2)c1. The largest absolute Gasteiger partial charge is 0.314 e. The average molecular weight is 220 g/mol. The summed E-state index contributed by atoms with van der Waals surface area (Å²) in [5.41, 5.74) is 1.38. The molecular formula is C13H17FN2. The third-order valence-electron chi connectivity index (χ3n) is 3.80. The Morgan fingerprint density at radius 1 is 1.38 bits per heavy atom. The van der Waals surface area contributed by atoms with E-state index in [1.165, 1.54) is 18.9 Å². The zero-order valence-electron chi connectivity index (χ0n) is 9.30. The summed E-state index contributed by atoms with van der Waals surface area (Å²) < 4.78 is 13.2. The van der Waals surface area contributed by atoms with Gasteiger partial charge >= 0.3 is 0 Å². The molecule has 1 saturated heterocycles. The normalized spacial score (nSPS) is 22.8. The molecule has 1 aromatic carbocycles. The first-order valence-corrected chi connectivity index (χ1v) is 5.99. The molecule has 3 heteroatoms. The van der Waals surface area contributed by atoms with E-state index in [-0.39, 0.29) is 11.2 Å². The van der Waals surface area contributed by atoms with Crippen LogP contribution >= 0.6 is 0 Å². The minimum Gasteiger partial charge on any atom is -0.314 e. The van der Waals surface area contributed by atoms with Crippen LogP contribution in [0, 0.1) is 5.82 Å². The van der Waals surface area contributed by atoms with Gasteiger partial charge < -0.3 is 10.6 Å².